The first kappa shape index (κ1) is 25.7. The van der Waals surface area contributed by atoms with Gasteiger partial charge in [-0.15, -0.1) is 0 Å². The average Bonchev–Trinajstić information content (AvgIpc) is 3.18. The smallest absolute Gasteiger partial charge is 0.361 e. The summed E-state index contributed by atoms with van der Waals surface area (Å²) >= 11 is 5.08. The van der Waals surface area contributed by atoms with Crippen LogP contribution in [0.25, 0.3) is 0 Å². The van der Waals surface area contributed by atoms with Crippen molar-refractivity contribution in [2.24, 2.45) is 0 Å². The lowest BCUT2D eigenvalue weighted by molar-refractivity contribution is -0.384. The fourth-order valence-electron chi connectivity index (χ4n) is 3.70. The Balaban J connectivity index is 1.61. The van der Waals surface area contributed by atoms with Gasteiger partial charge in [0, 0.05) is 37.0 Å². The number of nitrogens with one attached hydrogen (secondary N) is 2. The summed E-state index contributed by atoms with van der Waals surface area (Å²) in [5, 5.41) is 15.9. The van der Waals surface area contributed by atoms with Gasteiger partial charge in [-0.1, -0.05) is 12.1 Å². The Morgan fingerprint density at radius 2 is 1.65 bits per heavy atom. The van der Waals surface area contributed by atoms with Gasteiger partial charge >= 0.3 is 12.4 Å². The summed E-state index contributed by atoms with van der Waals surface area (Å²) in [6.45, 7) is 1.63. The molecule has 3 rings (SSSR count). The van der Waals surface area contributed by atoms with Crippen LogP contribution in [0.1, 0.15) is 29.5 Å². The van der Waals surface area contributed by atoms with Gasteiger partial charge in [0.2, 0.25) is 0 Å². The standard InChI is InChI=1S/C21H20F6N4O2S/c22-20(23,24)14-8-15(21(25,26)27)10-16(9-14)29-19(34)28-11-18-2-1-7-30(18)12-13-3-5-17(6-4-13)31(32)33/h3-6,8-10,18H,1-2,7,11-12H2,(H2,28,29,34)/t18-/m0/s1. The van der Waals surface area contributed by atoms with Crippen LogP contribution in [0.4, 0.5) is 37.7 Å². The Morgan fingerprint density at radius 1 is 1.06 bits per heavy atom. The van der Waals surface area contributed by atoms with E-state index in [9.17, 15) is 36.5 Å². The first-order valence-corrected chi connectivity index (χ1v) is 10.6. The Kier molecular flexibility index (Phi) is 7.66. The van der Waals surface area contributed by atoms with Crippen molar-refractivity contribution in [1.82, 2.24) is 10.2 Å². The van der Waals surface area contributed by atoms with Crippen molar-refractivity contribution in [3.8, 4) is 0 Å². The van der Waals surface area contributed by atoms with Gasteiger partial charge in [0.15, 0.2) is 5.11 Å². The molecule has 0 spiro atoms. The molecule has 1 fully saturated rings. The molecule has 1 saturated heterocycles. The lowest BCUT2D eigenvalue weighted by atomic mass is 10.1. The maximum absolute atomic E-state index is 13.0. The molecule has 0 amide bonds. The molecule has 0 bridgehead atoms. The average molecular weight is 506 g/mol. The summed E-state index contributed by atoms with van der Waals surface area (Å²) in [5.74, 6) is 0. The summed E-state index contributed by atoms with van der Waals surface area (Å²) < 4.78 is 78.2. The number of hydrogen-bond donors (Lipinski definition) is 2. The van der Waals surface area contributed by atoms with E-state index in [0.29, 0.717) is 25.2 Å². The highest BCUT2D eigenvalue weighted by molar-refractivity contribution is 7.80. The van der Waals surface area contributed by atoms with E-state index < -0.39 is 34.1 Å². The molecule has 0 saturated carbocycles. The number of likely N-dealkylation sites (tertiary alicyclic amines) is 1. The molecule has 2 aromatic carbocycles. The molecule has 6 nitrogen and oxygen atoms in total. The zero-order valence-electron chi connectivity index (χ0n) is 17.5. The number of nitro groups is 1. The second-order valence-electron chi connectivity index (χ2n) is 7.82. The van der Waals surface area contributed by atoms with Gasteiger partial charge in [0.25, 0.3) is 5.69 Å². The van der Waals surface area contributed by atoms with Crippen LogP contribution in [-0.4, -0.2) is 34.1 Å². The molecular formula is C21H20F6N4O2S. The van der Waals surface area contributed by atoms with Crippen molar-refractivity contribution in [3.05, 3.63) is 69.3 Å². The number of rotatable bonds is 6. The highest BCUT2D eigenvalue weighted by atomic mass is 32.1. The van der Waals surface area contributed by atoms with E-state index in [1.165, 1.54) is 12.1 Å². The normalized spacial score (nSPS) is 16.9. The molecule has 184 valence electrons. The van der Waals surface area contributed by atoms with Gasteiger partial charge in [-0.25, -0.2) is 0 Å². The SMILES string of the molecule is O=[N+]([O-])c1ccc(CN2CCC[C@H]2CNC(=S)Nc2cc(C(F)(F)F)cc(C(F)(F)F)c2)cc1. The number of hydrogen-bond acceptors (Lipinski definition) is 4. The van der Waals surface area contributed by atoms with Crippen LogP contribution in [0.5, 0.6) is 0 Å². The fourth-order valence-corrected chi connectivity index (χ4v) is 3.91. The minimum absolute atomic E-state index is 0.0110. The molecule has 1 aliphatic rings. The molecule has 0 unspecified atom stereocenters. The van der Waals surface area contributed by atoms with Crippen LogP contribution in [0.15, 0.2) is 42.5 Å². The van der Waals surface area contributed by atoms with Gasteiger partial charge in [-0.3, -0.25) is 15.0 Å². The molecule has 0 aliphatic carbocycles. The highest BCUT2D eigenvalue weighted by Gasteiger charge is 2.37. The van der Waals surface area contributed by atoms with Crippen LogP contribution >= 0.6 is 12.2 Å². The van der Waals surface area contributed by atoms with Crippen LogP contribution in [0.3, 0.4) is 0 Å². The number of nitro benzene ring substituents is 1. The Morgan fingerprint density at radius 3 is 2.18 bits per heavy atom. The molecule has 1 atom stereocenters. The quantitative estimate of drug-likeness (QED) is 0.231. The second kappa shape index (κ2) is 10.1. The van der Waals surface area contributed by atoms with E-state index in [0.717, 1.165) is 24.9 Å². The van der Waals surface area contributed by atoms with E-state index in [4.69, 9.17) is 12.2 Å². The fraction of sp³-hybridized carbons (Fsp3) is 0.381. The molecule has 2 N–H and O–H groups in total. The monoisotopic (exact) mass is 506 g/mol. The first-order valence-electron chi connectivity index (χ1n) is 10.1. The van der Waals surface area contributed by atoms with E-state index in [2.05, 4.69) is 15.5 Å². The third-order valence-electron chi connectivity index (χ3n) is 5.38. The number of alkyl halides is 6. The summed E-state index contributed by atoms with van der Waals surface area (Å²) in [7, 11) is 0. The zero-order chi connectivity index (χ0) is 25.1. The van der Waals surface area contributed by atoms with Crippen molar-refractivity contribution >= 4 is 28.7 Å². The molecule has 34 heavy (non-hydrogen) atoms. The number of benzene rings is 2. The predicted molar refractivity (Wildman–Crippen MR) is 117 cm³/mol. The third kappa shape index (κ3) is 6.79. The zero-order valence-corrected chi connectivity index (χ0v) is 18.4. The Hall–Kier alpha value is -2.93. The van der Waals surface area contributed by atoms with Crippen molar-refractivity contribution < 1.29 is 31.3 Å². The van der Waals surface area contributed by atoms with Crippen LogP contribution < -0.4 is 10.6 Å². The molecule has 2 aromatic rings. The minimum Gasteiger partial charge on any atom is -0.361 e. The summed E-state index contributed by atoms with van der Waals surface area (Å²) in [5.41, 5.74) is -2.42. The van der Waals surface area contributed by atoms with Gasteiger partial charge in [0.1, 0.15) is 0 Å². The predicted octanol–water partition coefficient (Wildman–Crippen LogP) is 5.58. The molecule has 0 aromatic heterocycles. The minimum atomic E-state index is -4.95. The van der Waals surface area contributed by atoms with Crippen molar-refractivity contribution in [2.45, 2.75) is 37.8 Å². The molecule has 0 radical (unpaired) electrons. The molecule has 13 heteroatoms. The summed E-state index contributed by atoms with van der Waals surface area (Å²) in [6, 6.07) is 7.37. The first-order chi connectivity index (χ1) is 15.8. The Labute approximate surface area is 196 Å². The van der Waals surface area contributed by atoms with Gasteiger partial charge in [-0.05, 0) is 55.4 Å². The van der Waals surface area contributed by atoms with Crippen LogP contribution in [0, 0.1) is 10.1 Å². The van der Waals surface area contributed by atoms with Gasteiger partial charge in [-0.2, -0.15) is 26.3 Å². The summed E-state index contributed by atoms with van der Waals surface area (Å²) in [6.07, 6.45) is -8.20. The van der Waals surface area contributed by atoms with E-state index in [-0.39, 0.29) is 22.9 Å². The maximum atomic E-state index is 13.0. The number of halogens is 6. The number of non-ortho nitro benzene ring substituents is 1. The molecule has 1 heterocycles. The lowest BCUT2D eigenvalue weighted by Gasteiger charge is -2.25. The number of thiocarbonyl (C=S) groups is 1. The lowest BCUT2D eigenvalue weighted by Crippen LogP contribution is -2.41. The number of anilines is 1. The molecular weight excluding hydrogens is 486 g/mol. The van der Waals surface area contributed by atoms with E-state index >= 15 is 0 Å². The van der Waals surface area contributed by atoms with Crippen LogP contribution in [-0.2, 0) is 18.9 Å². The van der Waals surface area contributed by atoms with E-state index in [1.54, 1.807) is 12.1 Å². The third-order valence-corrected chi connectivity index (χ3v) is 5.62. The van der Waals surface area contributed by atoms with Gasteiger partial charge in [0.05, 0.1) is 16.1 Å². The highest BCUT2D eigenvalue weighted by Crippen LogP contribution is 2.37. The largest absolute Gasteiger partial charge is 0.416 e. The van der Waals surface area contributed by atoms with Crippen LogP contribution in [0.2, 0.25) is 0 Å². The Bertz CT molecular complexity index is 1010. The van der Waals surface area contributed by atoms with E-state index in [1.807, 2.05) is 0 Å². The number of nitrogens with zero attached hydrogens (tertiary/aromatic N) is 2. The van der Waals surface area contributed by atoms with Gasteiger partial charge < -0.3 is 10.6 Å². The molecule has 1 aliphatic heterocycles. The topological polar surface area (TPSA) is 70.4 Å². The van der Waals surface area contributed by atoms with Crippen molar-refractivity contribution in [3.63, 3.8) is 0 Å². The summed E-state index contributed by atoms with van der Waals surface area (Å²) in [4.78, 5) is 12.4. The van der Waals surface area contributed by atoms with Crippen molar-refractivity contribution in [1.29, 1.82) is 0 Å². The second-order valence-corrected chi connectivity index (χ2v) is 8.23. The van der Waals surface area contributed by atoms with Crippen molar-refractivity contribution in [2.75, 3.05) is 18.4 Å². The maximum Gasteiger partial charge on any atom is 0.416 e.